The van der Waals surface area contributed by atoms with Crippen LogP contribution < -0.4 is 0 Å². The van der Waals surface area contributed by atoms with E-state index in [4.69, 9.17) is 0 Å². The van der Waals surface area contributed by atoms with Crippen LogP contribution >= 0.6 is 0 Å². The molecule has 0 unspecified atom stereocenters. The second kappa shape index (κ2) is 4.57. The van der Waals surface area contributed by atoms with Crippen molar-refractivity contribution in [2.75, 3.05) is 0 Å². The third-order valence-electron chi connectivity index (χ3n) is 1.71. The summed E-state index contributed by atoms with van der Waals surface area (Å²) in [5, 5.41) is 9.25. The normalized spacial score (nSPS) is 16.8. The molecule has 0 aromatic heterocycles. The van der Waals surface area contributed by atoms with Crippen LogP contribution in [0.1, 0.15) is 26.7 Å². The Morgan fingerprint density at radius 3 is 2.56 bits per heavy atom. The SMILES string of the molecule is C=CC[C@H](O)[C@H](C)CC. The predicted molar refractivity (Wildman–Crippen MR) is 40.3 cm³/mol. The van der Waals surface area contributed by atoms with Crippen molar-refractivity contribution < 1.29 is 5.11 Å². The van der Waals surface area contributed by atoms with Gasteiger partial charge in [-0.1, -0.05) is 26.3 Å². The highest BCUT2D eigenvalue weighted by Crippen LogP contribution is 2.10. The van der Waals surface area contributed by atoms with Gasteiger partial charge in [0.2, 0.25) is 0 Å². The molecule has 1 N–H and O–H groups in total. The first-order valence-electron chi connectivity index (χ1n) is 3.51. The molecule has 0 saturated carbocycles. The molecule has 0 saturated heterocycles. The Hall–Kier alpha value is -0.300. The van der Waals surface area contributed by atoms with Crippen molar-refractivity contribution in [3.05, 3.63) is 12.7 Å². The molecule has 9 heavy (non-hydrogen) atoms. The molecule has 0 aliphatic heterocycles. The lowest BCUT2D eigenvalue weighted by atomic mass is 10.00. The highest BCUT2D eigenvalue weighted by atomic mass is 16.3. The van der Waals surface area contributed by atoms with Gasteiger partial charge in [-0.15, -0.1) is 6.58 Å². The number of aliphatic hydroxyl groups excluding tert-OH is 1. The van der Waals surface area contributed by atoms with Crippen molar-refractivity contribution in [2.24, 2.45) is 5.92 Å². The van der Waals surface area contributed by atoms with Gasteiger partial charge in [-0.2, -0.15) is 0 Å². The molecule has 0 spiro atoms. The molecule has 0 fully saturated rings. The van der Waals surface area contributed by atoms with Crippen LogP contribution in [0.15, 0.2) is 12.7 Å². The van der Waals surface area contributed by atoms with Gasteiger partial charge in [0.1, 0.15) is 0 Å². The van der Waals surface area contributed by atoms with Crippen molar-refractivity contribution in [1.82, 2.24) is 0 Å². The quantitative estimate of drug-likeness (QED) is 0.574. The van der Waals surface area contributed by atoms with Crippen molar-refractivity contribution in [1.29, 1.82) is 0 Å². The first-order chi connectivity index (χ1) is 4.22. The maximum Gasteiger partial charge on any atom is 0.0599 e. The number of rotatable bonds is 4. The summed E-state index contributed by atoms with van der Waals surface area (Å²) in [6.45, 7) is 7.69. The fourth-order valence-corrected chi connectivity index (χ4v) is 0.675. The molecule has 54 valence electrons. The van der Waals surface area contributed by atoms with E-state index in [0.29, 0.717) is 5.92 Å². The zero-order valence-electron chi connectivity index (χ0n) is 6.30. The average Bonchev–Trinajstić information content (AvgIpc) is 1.87. The lowest BCUT2D eigenvalue weighted by Crippen LogP contribution is -2.15. The molecular formula is C8H16O. The van der Waals surface area contributed by atoms with Crippen LogP contribution in [0.25, 0.3) is 0 Å². The monoisotopic (exact) mass is 128 g/mol. The van der Waals surface area contributed by atoms with Gasteiger partial charge in [0.05, 0.1) is 6.10 Å². The first kappa shape index (κ1) is 8.70. The fraction of sp³-hybridized carbons (Fsp3) is 0.750. The smallest absolute Gasteiger partial charge is 0.0599 e. The number of aliphatic hydroxyl groups is 1. The summed E-state index contributed by atoms with van der Waals surface area (Å²) in [4.78, 5) is 0. The van der Waals surface area contributed by atoms with E-state index in [9.17, 15) is 5.11 Å². The average molecular weight is 128 g/mol. The molecule has 1 heteroatoms. The van der Waals surface area contributed by atoms with Gasteiger partial charge in [-0.25, -0.2) is 0 Å². The van der Waals surface area contributed by atoms with Gasteiger partial charge in [-0.3, -0.25) is 0 Å². The lowest BCUT2D eigenvalue weighted by Gasteiger charge is -2.14. The predicted octanol–water partition coefficient (Wildman–Crippen LogP) is 1.97. The Morgan fingerprint density at radius 2 is 2.22 bits per heavy atom. The topological polar surface area (TPSA) is 20.2 Å². The molecule has 0 rings (SSSR count). The zero-order chi connectivity index (χ0) is 7.28. The summed E-state index contributed by atoms with van der Waals surface area (Å²) < 4.78 is 0. The Labute approximate surface area is 57.4 Å². The van der Waals surface area contributed by atoms with Crippen LogP contribution in [0.2, 0.25) is 0 Å². The van der Waals surface area contributed by atoms with E-state index in [2.05, 4.69) is 13.5 Å². The standard InChI is InChI=1S/C8H16O/c1-4-6-8(9)7(3)5-2/h4,7-9H,1,5-6H2,2-3H3/t7-,8+/m1/s1. The van der Waals surface area contributed by atoms with Crippen molar-refractivity contribution in [3.8, 4) is 0 Å². The minimum atomic E-state index is -0.188. The van der Waals surface area contributed by atoms with Crippen LogP contribution in [0.4, 0.5) is 0 Å². The molecule has 0 aliphatic carbocycles. The third-order valence-corrected chi connectivity index (χ3v) is 1.71. The summed E-state index contributed by atoms with van der Waals surface area (Å²) in [6.07, 6.45) is 3.33. The van der Waals surface area contributed by atoms with Gasteiger partial charge >= 0.3 is 0 Å². The van der Waals surface area contributed by atoms with E-state index in [1.807, 2.05) is 6.92 Å². The van der Waals surface area contributed by atoms with E-state index in [1.54, 1.807) is 6.08 Å². The van der Waals surface area contributed by atoms with Crippen molar-refractivity contribution >= 4 is 0 Å². The van der Waals surface area contributed by atoms with Crippen molar-refractivity contribution in [3.63, 3.8) is 0 Å². The lowest BCUT2D eigenvalue weighted by molar-refractivity contribution is 0.117. The van der Waals surface area contributed by atoms with Crippen LogP contribution in [0.3, 0.4) is 0 Å². The maximum absolute atomic E-state index is 9.25. The Kier molecular flexibility index (Phi) is 4.41. The van der Waals surface area contributed by atoms with Gasteiger partial charge in [0.25, 0.3) is 0 Å². The molecule has 0 amide bonds. The molecule has 0 aromatic rings. The van der Waals surface area contributed by atoms with Crippen molar-refractivity contribution in [2.45, 2.75) is 32.8 Å². The zero-order valence-corrected chi connectivity index (χ0v) is 6.30. The van der Waals surface area contributed by atoms with E-state index >= 15 is 0 Å². The molecule has 0 aromatic carbocycles. The summed E-state index contributed by atoms with van der Waals surface area (Å²) in [7, 11) is 0. The summed E-state index contributed by atoms with van der Waals surface area (Å²) in [5.74, 6) is 0.406. The Balaban J connectivity index is 3.44. The minimum absolute atomic E-state index is 0.188. The molecule has 2 atom stereocenters. The van der Waals surface area contributed by atoms with Crippen LogP contribution in [0, 0.1) is 5.92 Å². The fourth-order valence-electron chi connectivity index (χ4n) is 0.675. The van der Waals surface area contributed by atoms with Crippen LogP contribution in [-0.2, 0) is 0 Å². The number of hydrogen-bond acceptors (Lipinski definition) is 1. The van der Waals surface area contributed by atoms with E-state index in [1.165, 1.54) is 0 Å². The van der Waals surface area contributed by atoms with Crippen LogP contribution in [0.5, 0.6) is 0 Å². The summed E-state index contributed by atoms with van der Waals surface area (Å²) >= 11 is 0. The molecule has 0 radical (unpaired) electrons. The largest absolute Gasteiger partial charge is 0.393 e. The molecular weight excluding hydrogens is 112 g/mol. The van der Waals surface area contributed by atoms with Gasteiger partial charge in [-0.05, 0) is 12.3 Å². The van der Waals surface area contributed by atoms with E-state index in [-0.39, 0.29) is 6.10 Å². The summed E-state index contributed by atoms with van der Waals surface area (Å²) in [6, 6.07) is 0. The van der Waals surface area contributed by atoms with Gasteiger partial charge in [0.15, 0.2) is 0 Å². The van der Waals surface area contributed by atoms with Gasteiger partial charge in [0, 0.05) is 0 Å². The number of hydrogen-bond donors (Lipinski definition) is 1. The molecule has 1 nitrogen and oxygen atoms in total. The second-order valence-corrected chi connectivity index (χ2v) is 2.48. The molecule has 0 heterocycles. The second-order valence-electron chi connectivity index (χ2n) is 2.48. The summed E-state index contributed by atoms with van der Waals surface area (Å²) in [5.41, 5.74) is 0. The van der Waals surface area contributed by atoms with E-state index < -0.39 is 0 Å². The Morgan fingerprint density at radius 1 is 1.67 bits per heavy atom. The maximum atomic E-state index is 9.25. The highest BCUT2D eigenvalue weighted by Gasteiger charge is 2.08. The molecule has 0 aliphatic rings. The highest BCUT2D eigenvalue weighted by molar-refractivity contribution is 4.74. The van der Waals surface area contributed by atoms with E-state index in [0.717, 1.165) is 12.8 Å². The molecule has 0 bridgehead atoms. The third kappa shape index (κ3) is 3.31. The van der Waals surface area contributed by atoms with Crippen LogP contribution in [-0.4, -0.2) is 11.2 Å². The Bertz CT molecular complexity index is 78.6. The first-order valence-corrected chi connectivity index (χ1v) is 3.51. The van der Waals surface area contributed by atoms with Gasteiger partial charge < -0.3 is 5.11 Å². The minimum Gasteiger partial charge on any atom is -0.393 e.